The standard InChI is InChI=1S/C13H9Cl2NO3/c1-19-13(18)12-8(5-6-10(17)16-12)7-3-2-4-9(14)11(7)15/h2-6H,1H3,(H,16,17). The highest BCUT2D eigenvalue weighted by Gasteiger charge is 2.17. The van der Waals surface area contributed by atoms with Crippen molar-refractivity contribution in [3.05, 3.63) is 56.4 Å². The van der Waals surface area contributed by atoms with Crippen LogP contribution in [-0.4, -0.2) is 18.1 Å². The molecule has 0 aliphatic heterocycles. The van der Waals surface area contributed by atoms with Crippen LogP contribution in [0.2, 0.25) is 10.0 Å². The number of halogens is 2. The molecule has 0 bridgehead atoms. The third-order valence-corrected chi connectivity index (χ3v) is 3.37. The van der Waals surface area contributed by atoms with E-state index < -0.39 is 11.5 Å². The summed E-state index contributed by atoms with van der Waals surface area (Å²) in [5.41, 5.74) is 0.645. The molecule has 0 spiro atoms. The normalized spacial score (nSPS) is 10.3. The number of aromatic nitrogens is 1. The summed E-state index contributed by atoms with van der Waals surface area (Å²) in [6.07, 6.45) is 0. The number of methoxy groups -OCH3 is 1. The third-order valence-electron chi connectivity index (χ3n) is 2.55. The molecule has 0 aliphatic carbocycles. The largest absolute Gasteiger partial charge is 0.464 e. The molecule has 2 rings (SSSR count). The van der Waals surface area contributed by atoms with Crippen molar-refractivity contribution in [2.45, 2.75) is 0 Å². The smallest absolute Gasteiger partial charge is 0.355 e. The van der Waals surface area contributed by atoms with Gasteiger partial charge in [-0.2, -0.15) is 0 Å². The lowest BCUT2D eigenvalue weighted by Gasteiger charge is -2.09. The van der Waals surface area contributed by atoms with Gasteiger partial charge < -0.3 is 9.72 Å². The Morgan fingerprint density at radius 2 is 1.89 bits per heavy atom. The van der Waals surface area contributed by atoms with Crippen LogP contribution >= 0.6 is 23.2 Å². The zero-order valence-electron chi connectivity index (χ0n) is 9.87. The molecule has 98 valence electrons. The van der Waals surface area contributed by atoms with Gasteiger partial charge in [0.15, 0.2) is 0 Å². The first-order chi connectivity index (χ1) is 9.04. The van der Waals surface area contributed by atoms with Crippen LogP contribution in [-0.2, 0) is 4.74 Å². The third kappa shape index (κ3) is 2.64. The van der Waals surface area contributed by atoms with Crippen molar-refractivity contribution in [1.29, 1.82) is 0 Å². The summed E-state index contributed by atoms with van der Waals surface area (Å²) < 4.78 is 4.64. The molecular formula is C13H9Cl2NO3. The highest BCUT2D eigenvalue weighted by Crippen LogP contribution is 2.34. The van der Waals surface area contributed by atoms with Gasteiger partial charge in [-0.15, -0.1) is 0 Å². The van der Waals surface area contributed by atoms with Crippen LogP contribution in [0.3, 0.4) is 0 Å². The van der Waals surface area contributed by atoms with Gasteiger partial charge in [0.1, 0.15) is 5.69 Å². The van der Waals surface area contributed by atoms with Crippen molar-refractivity contribution >= 4 is 29.2 Å². The van der Waals surface area contributed by atoms with Gasteiger partial charge in [-0.05, 0) is 12.1 Å². The van der Waals surface area contributed by atoms with Crippen molar-refractivity contribution in [2.24, 2.45) is 0 Å². The topological polar surface area (TPSA) is 59.2 Å². The minimum Gasteiger partial charge on any atom is -0.464 e. The van der Waals surface area contributed by atoms with Gasteiger partial charge >= 0.3 is 5.97 Å². The summed E-state index contributed by atoms with van der Waals surface area (Å²) in [6.45, 7) is 0. The Labute approximate surface area is 118 Å². The van der Waals surface area contributed by atoms with Crippen LogP contribution in [0.25, 0.3) is 11.1 Å². The molecule has 0 fully saturated rings. The average molecular weight is 298 g/mol. The van der Waals surface area contributed by atoms with E-state index in [1.54, 1.807) is 18.2 Å². The highest BCUT2D eigenvalue weighted by atomic mass is 35.5. The predicted molar refractivity (Wildman–Crippen MR) is 73.9 cm³/mol. The van der Waals surface area contributed by atoms with Crippen LogP contribution in [0.5, 0.6) is 0 Å². The number of H-pyrrole nitrogens is 1. The summed E-state index contributed by atoms with van der Waals surface area (Å²) in [5, 5.41) is 0.669. The number of carbonyl (C=O) groups is 1. The van der Waals surface area contributed by atoms with E-state index in [-0.39, 0.29) is 5.69 Å². The SMILES string of the molecule is COC(=O)c1[nH]c(=O)ccc1-c1cccc(Cl)c1Cl. The Morgan fingerprint density at radius 1 is 1.16 bits per heavy atom. The molecule has 0 radical (unpaired) electrons. The van der Waals surface area contributed by atoms with Gasteiger partial charge in [-0.3, -0.25) is 4.79 Å². The first-order valence-corrected chi connectivity index (χ1v) is 6.06. The number of carbonyl (C=O) groups excluding carboxylic acids is 1. The maximum atomic E-state index is 11.7. The van der Waals surface area contributed by atoms with E-state index >= 15 is 0 Å². The number of aromatic amines is 1. The van der Waals surface area contributed by atoms with Crippen LogP contribution in [0, 0.1) is 0 Å². The first-order valence-electron chi connectivity index (χ1n) is 5.30. The van der Waals surface area contributed by atoms with Crippen LogP contribution in [0.15, 0.2) is 35.1 Å². The monoisotopic (exact) mass is 297 g/mol. The number of ether oxygens (including phenoxy) is 1. The number of rotatable bonds is 2. The summed E-state index contributed by atoms with van der Waals surface area (Å²) in [6, 6.07) is 7.85. The molecule has 0 aliphatic rings. The maximum Gasteiger partial charge on any atom is 0.355 e. The number of benzene rings is 1. The van der Waals surface area contributed by atoms with E-state index in [0.29, 0.717) is 21.2 Å². The fourth-order valence-corrected chi connectivity index (χ4v) is 2.08. The number of esters is 1. The molecule has 1 heterocycles. The second kappa shape index (κ2) is 5.47. The van der Waals surface area contributed by atoms with Crippen molar-refractivity contribution in [3.63, 3.8) is 0 Å². The molecule has 4 nitrogen and oxygen atoms in total. The first kappa shape index (κ1) is 13.6. The molecule has 6 heteroatoms. The molecule has 1 N–H and O–H groups in total. The molecule has 1 aromatic carbocycles. The quantitative estimate of drug-likeness (QED) is 0.866. The van der Waals surface area contributed by atoms with Crippen molar-refractivity contribution in [3.8, 4) is 11.1 Å². The molecule has 0 saturated carbocycles. The molecule has 0 saturated heterocycles. The zero-order chi connectivity index (χ0) is 14.0. The van der Waals surface area contributed by atoms with Crippen molar-refractivity contribution in [1.82, 2.24) is 4.98 Å². The Morgan fingerprint density at radius 3 is 2.58 bits per heavy atom. The molecule has 2 aromatic rings. The van der Waals surface area contributed by atoms with Crippen LogP contribution in [0.1, 0.15) is 10.5 Å². The highest BCUT2D eigenvalue weighted by molar-refractivity contribution is 6.43. The van der Waals surface area contributed by atoms with E-state index in [2.05, 4.69) is 9.72 Å². The Bertz CT molecular complexity index is 695. The molecular weight excluding hydrogens is 289 g/mol. The Balaban J connectivity index is 2.72. The summed E-state index contributed by atoms with van der Waals surface area (Å²) >= 11 is 12.1. The molecule has 0 amide bonds. The van der Waals surface area contributed by atoms with Crippen molar-refractivity contribution in [2.75, 3.05) is 7.11 Å². The van der Waals surface area contributed by atoms with Crippen LogP contribution < -0.4 is 5.56 Å². The van der Waals surface area contributed by atoms with E-state index in [9.17, 15) is 9.59 Å². The number of hydrogen-bond acceptors (Lipinski definition) is 3. The minimum atomic E-state index is -0.649. The van der Waals surface area contributed by atoms with E-state index in [1.807, 2.05) is 0 Å². The fraction of sp³-hybridized carbons (Fsp3) is 0.0769. The molecule has 1 aromatic heterocycles. The lowest BCUT2D eigenvalue weighted by molar-refractivity contribution is 0.0594. The summed E-state index contributed by atoms with van der Waals surface area (Å²) in [4.78, 5) is 25.5. The van der Waals surface area contributed by atoms with Gasteiger partial charge in [0, 0.05) is 17.2 Å². The summed E-state index contributed by atoms with van der Waals surface area (Å²) in [5.74, 6) is -0.649. The van der Waals surface area contributed by atoms with E-state index in [4.69, 9.17) is 23.2 Å². The van der Waals surface area contributed by atoms with Gasteiger partial charge in [-0.25, -0.2) is 4.79 Å². The molecule has 19 heavy (non-hydrogen) atoms. The predicted octanol–water partition coefficient (Wildman–Crippen LogP) is 3.14. The number of pyridine rings is 1. The lowest BCUT2D eigenvalue weighted by atomic mass is 10.0. The van der Waals surface area contributed by atoms with Crippen molar-refractivity contribution < 1.29 is 9.53 Å². The van der Waals surface area contributed by atoms with Gasteiger partial charge in [-0.1, -0.05) is 35.3 Å². The Hall–Kier alpha value is -1.78. The second-order valence-electron chi connectivity index (χ2n) is 3.70. The second-order valence-corrected chi connectivity index (χ2v) is 4.49. The lowest BCUT2D eigenvalue weighted by Crippen LogP contribution is -2.14. The number of nitrogens with one attached hydrogen (secondary N) is 1. The zero-order valence-corrected chi connectivity index (χ0v) is 11.4. The van der Waals surface area contributed by atoms with Gasteiger partial charge in [0.2, 0.25) is 5.56 Å². The fourth-order valence-electron chi connectivity index (χ4n) is 1.67. The maximum absolute atomic E-state index is 11.7. The van der Waals surface area contributed by atoms with Gasteiger partial charge in [0.05, 0.1) is 17.2 Å². The average Bonchev–Trinajstić information content (AvgIpc) is 2.41. The molecule has 0 unspecified atom stereocenters. The summed E-state index contributed by atoms with van der Waals surface area (Å²) in [7, 11) is 1.23. The minimum absolute atomic E-state index is 0.0409. The van der Waals surface area contributed by atoms with E-state index in [0.717, 1.165) is 0 Å². The van der Waals surface area contributed by atoms with Gasteiger partial charge in [0.25, 0.3) is 0 Å². The van der Waals surface area contributed by atoms with E-state index in [1.165, 1.54) is 19.2 Å². The van der Waals surface area contributed by atoms with Crippen LogP contribution in [0.4, 0.5) is 0 Å². The Kier molecular flexibility index (Phi) is 3.93. The molecule has 0 atom stereocenters. The number of hydrogen-bond donors (Lipinski definition) is 1.